The van der Waals surface area contributed by atoms with Gasteiger partial charge in [0.05, 0.1) is 0 Å². The number of hydrogen-bond donors (Lipinski definition) is 2. The molecule has 0 saturated heterocycles. The van der Waals surface area contributed by atoms with Crippen molar-refractivity contribution in [3.05, 3.63) is 58.6 Å². The second-order valence-electron chi connectivity index (χ2n) is 4.18. The number of carbonyl (C=O) groups excluding carboxylic acids is 2. The Hall–Kier alpha value is -2.53. The third-order valence-corrected chi connectivity index (χ3v) is 2.99. The summed E-state index contributed by atoms with van der Waals surface area (Å²) in [6, 6.07) is 10.0. The molecule has 0 atom stereocenters. The standard InChI is InChI=1S/C15H11ClO5/c16-10-6-4-9(5-7-10)13(18)8-21-15(20)11-2-1-3-12(17)14(11)19/h1-7,17,19H,8H2. The van der Waals surface area contributed by atoms with Crippen molar-refractivity contribution in [2.45, 2.75) is 0 Å². The number of carbonyl (C=O) groups is 2. The van der Waals surface area contributed by atoms with Gasteiger partial charge in [-0.2, -0.15) is 0 Å². The molecule has 21 heavy (non-hydrogen) atoms. The van der Waals surface area contributed by atoms with E-state index in [2.05, 4.69) is 0 Å². The molecule has 0 radical (unpaired) electrons. The van der Waals surface area contributed by atoms with E-state index in [4.69, 9.17) is 16.3 Å². The van der Waals surface area contributed by atoms with Crippen molar-refractivity contribution in [3.8, 4) is 11.5 Å². The average molecular weight is 307 g/mol. The molecule has 0 bridgehead atoms. The molecule has 2 rings (SSSR count). The van der Waals surface area contributed by atoms with Crippen LogP contribution in [-0.2, 0) is 4.74 Å². The van der Waals surface area contributed by atoms with Crippen LogP contribution >= 0.6 is 11.6 Å². The van der Waals surface area contributed by atoms with Gasteiger partial charge in [-0.15, -0.1) is 0 Å². The lowest BCUT2D eigenvalue weighted by molar-refractivity contribution is 0.0471. The molecule has 0 aliphatic rings. The number of Topliss-reactive ketones (excluding diaryl/α,β-unsaturated/α-hetero) is 1. The lowest BCUT2D eigenvalue weighted by atomic mass is 10.1. The van der Waals surface area contributed by atoms with Gasteiger partial charge < -0.3 is 14.9 Å². The lowest BCUT2D eigenvalue weighted by Crippen LogP contribution is -2.14. The third kappa shape index (κ3) is 3.52. The Kier molecular flexibility index (Phi) is 4.45. The zero-order valence-corrected chi connectivity index (χ0v) is 11.5. The van der Waals surface area contributed by atoms with Gasteiger partial charge in [0, 0.05) is 10.6 Å². The molecular weight excluding hydrogens is 296 g/mol. The first-order valence-corrected chi connectivity index (χ1v) is 6.33. The van der Waals surface area contributed by atoms with Crippen LogP contribution in [0.2, 0.25) is 5.02 Å². The van der Waals surface area contributed by atoms with Crippen molar-refractivity contribution in [2.75, 3.05) is 6.61 Å². The topological polar surface area (TPSA) is 83.8 Å². The number of hydrogen-bond acceptors (Lipinski definition) is 5. The van der Waals surface area contributed by atoms with Gasteiger partial charge in [-0.05, 0) is 36.4 Å². The first kappa shape index (κ1) is 14.9. The maximum atomic E-state index is 11.8. The Bertz CT molecular complexity index is 679. The van der Waals surface area contributed by atoms with Gasteiger partial charge in [-0.1, -0.05) is 17.7 Å². The number of ketones is 1. The number of esters is 1. The van der Waals surface area contributed by atoms with Crippen LogP contribution in [0.5, 0.6) is 11.5 Å². The Labute approximate surface area is 125 Å². The van der Waals surface area contributed by atoms with Gasteiger partial charge in [-0.25, -0.2) is 4.79 Å². The molecule has 0 saturated carbocycles. The Morgan fingerprint density at radius 1 is 1.05 bits per heavy atom. The van der Waals surface area contributed by atoms with Crippen molar-refractivity contribution in [2.24, 2.45) is 0 Å². The molecule has 0 fully saturated rings. The number of benzene rings is 2. The Balaban J connectivity index is 2.02. The van der Waals surface area contributed by atoms with E-state index in [1.165, 1.54) is 30.3 Å². The maximum Gasteiger partial charge on any atom is 0.342 e. The quantitative estimate of drug-likeness (QED) is 0.515. The molecule has 2 aromatic rings. The molecule has 0 amide bonds. The van der Waals surface area contributed by atoms with E-state index in [1.54, 1.807) is 12.1 Å². The first-order valence-electron chi connectivity index (χ1n) is 5.96. The summed E-state index contributed by atoms with van der Waals surface area (Å²) in [5, 5.41) is 19.3. The zero-order valence-electron chi connectivity index (χ0n) is 10.7. The predicted molar refractivity (Wildman–Crippen MR) is 75.8 cm³/mol. The molecule has 0 aliphatic heterocycles. The van der Waals surface area contributed by atoms with Gasteiger partial charge in [0.1, 0.15) is 5.56 Å². The number of ether oxygens (including phenoxy) is 1. The number of para-hydroxylation sites is 1. The number of aromatic hydroxyl groups is 2. The van der Waals surface area contributed by atoms with Crippen molar-refractivity contribution < 1.29 is 24.5 Å². The SMILES string of the molecule is O=C(COC(=O)c1cccc(O)c1O)c1ccc(Cl)cc1. The van der Waals surface area contributed by atoms with Gasteiger partial charge >= 0.3 is 5.97 Å². The summed E-state index contributed by atoms with van der Waals surface area (Å²) in [5.74, 6) is -2.32. The summed E-state index contributed by atoms with van der Waals surface area (Å²) in [7, 11) is 0. The minimum Gasteiger partial charge on any atom is -0.504 e. The van der Waals surface area contributed by atoms with E-state index in [9.17, 15) is 19.8 Å². The van der Waals surface area contributed by atoms with Crippen molar-refractivity contribution in [3.63, 3.8) is 0 Å². The van der Waals surface area contributed by atoms with Crippen molar-refractivity contribution >= 4 is 23.4 Å². The minimum absolute atomic E-state index is 0.209. The van der Waals surface area contributed by atoms with E-state index in [0.717, 1.165) is 0 Å². The maximum absolute atomic E-state index is 11.8. The normalized spacial score (nSPS) is 10.1. The monoisotopic (exact) mass is 306 g/mol. The molecule has 6 heteroatoms. The molecule has 2 aromatic carbocycles. The predicted octanol–water partition coefficient (Wildman–Crippen LogP) is 2.79. The zero-order chi connectivity index (χ0) is 15.4. The van der Waals surface area contributed by atoms with Crippen LogP contribution in [-0.4, -0.2) is 28.6 Å². The van der Waals surface area contributed by atoms with Crippen molar-refractivity contribution in [1.29, 1.82) is 0 Å². The Morgan fingerprint density at radius 3 is 2.38 bits per heavy atom. The first-order chi connectivity index (χ1) is 9.99. The van der Waals surface area contributed by atoms with E-state index >= 15 is 0 Å². The second kappa shape index (κ2) is 6.28. The summed E-state index contributed by atoms with van der Waals surface area (Å²) in [4.78, 5) is 23.6. The van der Waals surface area contributed by atoms with E-state index in [-0.39, 0.29) is 5.56 Å². The minimum atomic E-state index is -0.897. The molecule has 108 valence electrons. The molecular formula is C15H11ClO5. The fourth-order valence-electron chi connectivity index (χ4n) is 1.62. The third-order valence-electron chi connectivity index (χ3n) is 2.74. The molecule has 5 nitrogen and oxygen atoms in total. The number of phenolic OH excluding ortho intramolecular Hbond substituents is 2. The van der Waals surface area contributed by atoms with Gasteiger partial charge in [0.15, 0.2) is 23.9 Å². The second-order valence-corrected chi connectivity index (χ2v) is 4.62. The molecule has 0 spiro atoms. The largest absolute Gasteiger partial charge is 0.504 e. The van der Waals surface area contributed by atoms with Crippen LogP contribution in [0.25, 0.3) is 0 Å². The summed E-state index contributed by atoms with van der Waals surface area (Å²) in [5.41, 5.74) is 0.145. The highest BCUT2D eigenvalue weighted by atomic mass is 35.5. The molecule has 0 aliphatic carbocycles. The van der Waals surface area contributed by atoms with Gasteiger partial charge in [-0.3, -0.25) is 4.79 Å². The van der Waals surface area contributed by atoms with Crippen LogP contribution in [0.1, 0.15) is 20.7 Å². The summed E-state index contributed by atoms with van der Waals surface area (Å²) < 4.78 is 4.82. The van der Waals surface area contributed by atoms with Crippen LogP contribution in [0.15, 0.2) is 42.5 Å². The van der Waals surface area contributed by atoms with E-state index < -0.39 is 29.9 Å². The Morgan fingerprint density at radius 2 is 1.71 bits per heavy atom. The fourth-order valence-corrected chi connectivity index (χ4v) is 1.75. The van der Waals surface area contributed by atoms with Crippen LogP contribution in [0.3, 0.4) is 0 Å². The van der Waals surface area contributed by atoms with Crippen molar-refractivity contribution in [1.82, 2.24) is 0 Å². The molecule has 0 unspecified atom stereocenters. The number of halogens is 1. The van der Waals surface area contributed by atoms with Gasteiger partial charge in [0.25, 0.3) is 0 Å². The summed E-state index contributed by atoms with van der Waals surface area (Å²) >= 11 is 5.71. The van der Waals surface area contributed by atoms with Gasteiger partial charge in [0.2, 0.25) is 0 Å². The fraction of sp³-hybridized carbons (Fsp3) is 0.0667. The molecule has 0 heterocycles. The number of rotatable bonds is 4. The summed E-state index contributed by atoms with van der Waals surface area (Å²) in [6.07, 6.45) is 0. The van der Waals surface area contributed by atoms with Crippen LogP contribution in [0.4, 0.5) is 0 Å². The highest BCUT2D eigenvalue weighted by molar-refractivity contribution is 6.30. The van der Waals surface area contributed by atoms with E-state index in [0.29, 0.717) is 10.6 Å². The summed E-state index contributed by atoms with van der Waals surface area (Å²) in [6.45, 7) is -0.477. The highest BCUT2D eigenvalue weighted by Crippen LogP contribution is 2.28. The smallest absolute Gasteiger partial charge is 0.342 e. The average Bonchev–Trinajstić information content (AvgIpc) is 2.48. The highest BCUT2D eigenvalue weighted by Gasteiger charge is 2.17. The van der Waals surface area contributed by atoms with E-state index in [1.807, 2.05) is 0 Å². The number of phenols is 2. The molecule has 2 N–H and O–H groups in total. The lowest BCUT2D eigenvalue weighted by Gasteiger charge is -2.07. The molecule has 0 aromatic heterocycles. The van der Waals surface area contributed by atoms with Crippen LogP contribution in [0, 0.1) is 0 Å². The van der Waals surface area contributed by atoms with Crippen LogP contribution < -0.4 is 0 Å².